The van der Waals surface area contributed by atoms with Crippen molar-refractivity contribution in [1.29, 1.82) is 0 Å². The van der Waals surface area contributed by atoms with Crippen LogP contribution in [0.25, 0.3) is 0 Å². The minimum Gasteiger partial charge on any atom is -0.383 e. The van der Waals surface area contributed by atoms with E-state index < -0.39 is 0 Å². The number of hydrogen-bond donors (Lipinski definition) is 1. The first-order valence-corrected chi connectivity index (χ1v) is 7.43. The molecule has 112 valence electrons. The molecule has 21 heavy (non-hydrogen) atoms. The summed E-state index contributed by atoms with van der Waals surface area (Å²) in [5, 5.41) is 3.17. The van der Waals surface area contributed by atoms with E-state index in [0.717, 1.165) is 10.5 Å². The lowest BCUT2D eigenvalue weighted by Crippen LogP contribution is -2.19. The molecule has 2 nitrogen and oxygen atoms in total. The van der Waals surface area contributed by atoms with Crippen molar-refractivity contribution in [2.75, 3.05) is 20.3 Å². The minimum absolute atomic E-state index is 0.273. The van der Waals surface area contributed by atoms with Crippen molar-refractivity contribution in [3.05, 3.63) is 59.7 Å². The summed E-state index contributed by atoms with van der Waals surface area (Å²) in [6.45, 7) is 1.78. The Balaban J connectivity index is 2.13. The lowest BCUT2D eigenvalue weighted by molar-refractivity contribution is 0.199. The average molecular weight is 309 g/mol. The highest BCUT2D eigenvalue weighted by molar-refractivity contribution is 7.99. The van der Waals surface area contributed by atoms with Crippen LogP contribution in [0.15, 0.2) is 52.3 Å². The van der Waals surface area contributed by atoms with Gasteiger partial charge in [0.15, 0.2) is 0 Å². The van der Waals surface area contributed by atoms with Gasteiger partial charge in [-0.25, -0.2) is 8.78 Å². The summed E-state index contributed by atoms with van der Waals surface area (Å²) in [5.74, 6) is -0.568. The average Bonchev–Trinajstić information content (AvgIpc) is 2.48. The minimum atomic E-state index is -0.295. The summed E-state index contributed by atoms with van der Waals surface area (Å²) in [5.41, 5.74) is 0.805. The van der Waals surface area contributed by atoms with E-state index in [-0.39, 0.29) is 11.6 Å². The number of ether oxygens (including phenoxy) is 1. The van der Waals surface area contributed by atoms with Crippen LogP contribution in [0.3, 0.4) is 0 Å². The summed E-state index contributed by atoms with van der Waals surface area (Å²) < 4.78 is 32.1. The van der Waals surface area contributed by atoms with Crippen molar-refractivity contribution in [3.63, 3.8) is 0 Å². The van der Waals surface area contributed by atoms with Crippen LogP contribution in [0.1, 0.15) is 5.56 Å². The summed E-state index contributed by atoms with van der Waals surface area (Å²) in [4.78, 5) is 1.37. The summed E-state index contributed by atoms with van der Waals surface area (Å²) in [7, 11) is 1.63. The predicted molar refractivity (Wildman–Crippen MR) is 80.5 cm³/mol. The molecule has 0 aromatic heterocycles. The Morgan fingerprint density at radius 2 is 1.90 bits per heavy atom. The first-order chi connectivity index (χ1) is 10.2. The Labute approximate surface area is 127 Å². The Morgan fingerprint density at radius 1 is 1.10 bits per heavy atom. The lowest BCUT2D eigenvalue weighted by Gasteiger charge is -2.11. The molecule has 2 aromatic rings. The van der Waals surface area contributed by atoms with Crippen molar-refractivity contribution in [3.8, 4) is 0 Å². The Morgan fingerprint density at radius 3 is 2.67 bits per heavy atom. The number of benzene rings is 2. The van der Waals surface area contributed by atoms with Gasteiger partial charge in [0.25, 0.3) is 0 Å². The number of halogens is 2. The van der Waals surface area contributed by atoms with E-state index in [0.29, 0.717) is 24.6 Å². The molecule has 5 heteroatoms. The summed E-state index contributed by atoms with van der Waals surface area (Å²) in [6.07, 6.45) is 0. The summed E-state index contributed by atoms with van der Waals surface area (Å²) >= 11 is 1.30. The van der Waals surface area contributed by atoms with E-state index in [2.05, 4.69) is 5.32 Å². The third kappa shape index (κ3) is 4.81. The molecule has 0 radical (unpaired) electrons. The van der Waals surface area contributed by atoms with Gasteiger partial charge in [0.2, 0.25) is 0 Å². The van der Waals surface area contributed by atoms with Crippen molar-refractivity contribution in [1.82, 2.24) is 5.32 Å². The van der Waals surface area contributed by atoms with Gasteiger partial charge < -0.3 is 10.1 Å². The molecular weight excluding hydrogens is 292 g/mol. The monoisotopic (exact) mass is 309 g/mol. The molecule has 0 fully saturated rings. The molecule has 0 aliphatic carbocycles. The largest absolute Gasteiger partial charge is 0.383 e. The van der Waals surface area contributed by atoms with Crippen LogP contribution in [0, 0.1) is 11.6 Å². The molecular formula is C16H17F2NOS. The molecule has 0 aliphatic heterocycles. The number of methoxy groups -OCH3 is 1. The Kier molecular flexibility index (Phi) is 6.17. The lowest BCUT2D eigenvalue weighted by atomic mass is 10.2. The van der Waals surface area contributed by atoms with Gasteiger partial charge in [-0.3, -0.25) is 0 Å². The molecule has 0 aliphatic rings. The smallest absolute Gasteiger partial charge is 0.137 e. The van der Waals surface area contributed by atoms with Crippen LogP contribution < -0.4 is 5.32 Å². The molecule has 0 saturated carbocycles. The second kappa shape index (κ2) is 8.12. The number of rotatable bonds is 7. The fourth-order valence-corrected chi connectivity index (χ4v) is 2.78. The van der Waals surface area contributed by atoms with E-state index in [1.165, 1.54) is 30.0 Å². The first kappa shape index (κ1) is 15.9. The van der Waals surface area contributed by atoms with E-state index >= 15 is 0 Å². The second-order valence-electron chi connectivity index (χ2n) is 4.45. The van der Waals surface area contributed by atoms with Crippen LogP contribution in [0.5, 0.6) is 0 Å². The second-order valence-corrected chi connectivity index (χ2v) is 5.54. The highest BCUT2D eigenvalue weighted by Gasteiger charge is 2.09. The third-order valence-electron chi connectivity index (χ3n) is 2.88. The fourth-order valence-electron chi connectivity index (χ4n) is 1.83. The maximum Gasteiger partial charge on any atom is 0.137 e. The molecule has 1 N–H and O–H groups in total. The van der Waals surface area contributed by atoms with Gasteiger partial charge >= 0.3 is 0 Å². The molecule has 0 heterocycles. The van der Waals surface area contributed by atoms with Crippen LogP contribution in [0.2, 0.25) is 0 Å². The highest BCUT2D eigenvalue weighted by Crippen LogP contribution is 2.32. The van der Waals surface area contributed by atoms with Gasteiger partial charge in [-0.1, -0.05) is 23.9 Å². The van der Waals surface area contributed by atoms with Gasteiger partial charge in [0.05, 0.1) is 6.61 Å². The van der Waals surface area contributed by atoms with Crippen LogP contribution in [-0.4, -0.2) is 20.3 Å². The topological polar surface area (TPSA) is 21.3 Å². The Hall–Kier alpha value is -1.43. The zero-order valence-electron chi connectivity index (χ0n) is 11.7. The predicted octanol–water partition coefficient (Wildman–Crippen LogP) is 3.85. The van der Waals surface area contributed by atoms with Gasteiger partial charge in [-0.05, 0) is 35.9 Å². The van der Waals surface area contributed by atoms with Gasteiger partial charge in [0.1, 0.15) is 11.6 Å². The molecule has 2 aromatic carbocycles. The molecule has 0 amide bonds. The zero-order valence-corrected chi connectivity index (χ0v) is 12.6. The van der Waals surface area contributed by atoms with Crippen molar-refractivity contribution in [2.45, 2.75) is 16.3 Å². The standard InChI is InChI=1S/C16H17F2NOS/c1-20-9-8-19-11-12-10-13(17)6-7-15(12)21-16-5-3-2-4-14(16)18/h2-7,10,19H,8-9,11H2,1H3. The maximum absolute atomic E-state index is 13.7. The van der Waals surface area contributed by atoms with Crippen LogP contribution in [-0.2, 0) is 11.3 Å². The van der Waals surface area contributed by atoms with Crippen LogP contribution in [0.4, 0.5) is 8.78 Å². The third-order valence-corrected chi connectivity index (χ3v) is 4.05. The van der Waals surface area contributed by atoms with Gasteiger partial charge in [-0.2, -0.15) is 0 Å². The molecule has 0 bridgehead atoms. The molecule has 0 saturated heterocycles. The van der Waals surface area contributed by atoms with Gasteiger partial charge in [0, 0.05) is 30.0 Å². The zero-order chi connectivity index (χ0) is 15.1. The number of hydrogen-bond acceptors (Lipinski definition) is 3. The molecule has 0 unspecified atom stereocenters. The van der Waals surface area contributed by atoms with E-state index in [9.17, 15) is 8.78 Å². The quantitative estimate of drug-likeness (QED) is 0.785. The van der Waals surface area contributed by atoms with Crippen molar-refractivity contribution in [2.24, 2.45) is 0 Å². The Bertz CT molecular complexity index is 592. The first-order valence-electron chi connectivity index (χ1n) is 6.61. The number of nitrogens with one attached hydrogen (secondary N) is 1. The molecule has 0 spiro atoms. The molecule has 2 rings (SSSR count). The van der Waals surface area contributed by atoms with Crippen molar-refractivity contribution >= 4 is 11.8 Å². The van der Waals surface area contributed by atoms with E-state index in [1.54, 1.807) is 31.4 Å². The SMILES string of the molecule is COCCNCc1cc(F)ccc1Sc1ccccc1F. The van der Waals surface area contributed by atoms with E-state index in [4.69, 9.17) is 4.74 Å². The van der Waals surface area contributed by atoms with Crippen molar-refractivity contribution < 1.29 is 13.5 Å². The highest BCUT2D eigenvalue weighted by atomic mass is 32.2. The van der Waals surface area contributed by atoms with Gasteiger partial charge in [-0.15, -0.1) is 0 Å². The summed E-state index contributed by atoms with van der Waals surface area (Å²) in [6, 6.07) is 11.1. The maximum atomic E-state index is 13.7. The van der Waals surface area contributed by atoms with E-state index in [1.807, 2.05) is 0 Å². The normalized spacial score (nSPS) is 10.8. The van der Waals surface area contributed by atoms with Crippen LogP contribution >= 0.6 is 11.8 Å². The molecule has 0 atom stereocenters. The fraction of sp³-hybridized carbons (Fsp3) is 0.250.